The van der Waals surface area contributed by atoms with Crippen molar-refractivity contribution < 1.29 is 9.47 Å². The molecule has 0 aromatic carbocycles. The van der Waals surface area contributed by atoms with Crippen LogP contribution in [-0.2, 0) is 9.47 Å². The van der Waals surface area contributed by atoms with Crippen molar-refractivity contribution in [2.45, 2.75) is 32.0 Å². The Bertz CT molecular complexity index is 81.0. The van der Waals surface area contributed by atoms with E-state index in [-0.39, 0.29) is 0 Å². The van der Waals surface area contributed by atoms with Crippen LogP contribution in [0.25, 0.3) is 0 Å². The lowest BCUT2D eigenvalue weighted by molar-refractivity contribution is 0.00553. The van der Waals surface area contributed by atoms with E-state index in [0.29, 0.717) is 12.2 Å². The summed E-state index contributed by atoms with van der Waals surface area (Å²) in [6.07, 6.45) is 3.17. The molecular weight excluding hydrogens is 116 g/mol. The van der Waals surface area contributed by atoms with Crippen LogP contribution in [-0.4, -0.2) is 25.9 Å². The summed E-state index contributed by atoms with van der Waals surface area (Å²) in [6, 6.07) is 0. The fourth-order valence-corrected chi connectivity index (χ4v) is 1.19. The molecule has 0 N–H and O–H groups in total. The fraction of sp³-hybridized carbons (Fsp3) is 1.00. The average Bonchev–Trinajstić information content (AvgIpc) is 2.17. The molecule has 2 atom stereocenters. The summed E-state index contributed by atoms with van der Waals surface area (Å²) < 4.78 is 10.4. The smallest absolute Gasteiger partial charge is 0.0812 e. The maximum absolute atomic E-state index is 5.48. The van der Waals surface area contributed by atoms with Gasteiger partial charge in [0.15, 0.2) is 0 Å². The van der Waals surface area contributed by atoms with Gasteiger partial charge in [-0.25, -0.2) is 0 Å². The van der Waals surface area contributed by atoms with Crippen molar-refractivity contribution in [3.8, 4) is 0 Å². The highest BCUT2D eigenvalue weighted by molar-refractivity contribution is 4.69. The summed E-state index contributed by atoms with van der Waals surface area (Å²) in [5.74, 6) is 0. The molecule has 9 heavy (non-hydrogen) atoms. The Morgan fingerprint density at radius 1 is 1.56 bits per heavy atom. The lowest BCUT2D eigenvalue weighted by atomic mass is 10.2. The van der Waals surface area contributed by atoms with Gasteiger partial charge in [-0.2, -0.15) is 0 Å². The third-order valence-electron chi connectivity index (χ3n) is 1.67. The van der Waals surface area contributed by atoms with Crippen molar-refractivity contribution in [2.75, 3.05) is 13.7 Å². The first-order valence-electron chi connectivity index (χ1n) is 3.47. The second kappa shape index (κ2) is 3.18. The second-order valence-electron chi connectivity index (χ2n) is 2.60. The van der Waals surface area contributed by atoms with Crippen molar-refractivity contribution in [1.29, 1.82) is 0 Å². The molecule has 0 aromatic rings. The predicted octanol–water partition coefficient (Wildman–Crippen LogP) is 1.20. The van der Waals surface area contributed by atoms with Crippen molar-refractivity contribution in [2.24, 2.45) is 0 Å². The van der Waals surface area contributed by atoms with Gasteiger partial charge in [0.1, 0.15) is 0 Å². The van der Waals surface area contributed by atoms with E-state index < -0.39 is 0 Å². The predicted molar refractivity (Wildman–Crippen MR) is 35.4 cm³/mol. The van der Waals surface area contributed by atoms with Gasteiger partial charge in [0.25, 0.3) is 0 Å². The summed E-state index contributed by atoms with van der Waals surface area (Å²) in [5, 5.41) is 0. The van der Waals surface area contributed by atoms with E-state index in [1.807, 2.05) is 0 Å². The van der Waals surface area contributed by atoms with Crippen LogP contribution in [0.2, 0.25) is 0 Å². The minimum absolute atomic E-state index is 0.366. The van der Waals surface area contributed by atoms with Crippen LogP contribution in [0.4, 0.5) is 0 Å². The van der Waals surface area contributed by atoms with Crippen LogP contribution in [0.3, 0.4) is 0 Å². The second-order valence-corrected chi connectivity index (χ2v) is 2.60. The zero-order valence-electron chi connectivity index (χ0n) is 6.09. The highest BCUT2D eigenvalue weighted by Gasteiger charge is 2.20. The van der Waals surface area contributed by atoms with Crippen LogP contribution in [0.1, 0.15) is 19.8 Å². The van der Waals surface area contributed by atoms with E-state index in [4.69, 9.17) is 9.47 Å². The molecule has 1 aliphatic heterocycles. The molecule has 1 heterocycles. The molecule has 1 fully saturated rings. The molecule has 0 saturated carbocycles. The van der Waals surface area contributed by atoms with Crippen LogP contribution < -0.4 is 0 Å². The van der Waals surface area contributed by atoms with E-state index >= 15 is 0 Å². The SMILES string of the molecule is COC[C@@H]1CC[C@H](C)O1. The van der Waals surface area contributed by atoms with Gasteiger partial charge >= 0.3 is 0 Å². The van der Waals surface area contributed by atoms with Crippen LogP contribution in [0, 0.1) is 0 Å². The van der Waals surface area contributed by atoms with Crippen LogP contribution >= 0.6 is 0 Å². The third kappa shape index (κ3) is 1.95. The van der Waals surface area contributed by atoms with Gasteiger partial charge in [0.05, 0.1) is 18.8 Å². The summed E-state index contributed by atoms with van der Waals surface area (Å²) >= 11 is 0. The van der Waals surface area contributed by atoms with E-state index in [2.05, 4.69) is 6.92 Å². The first-order valence-corrected chi connectivity index (χ1v) is 3.47. The van der Waals surface area contributed by atoms with E-state index in [0.717, 1.165) is 13.0 Å². The van der Waals surface area contributed by atoms with E-state index in [1.165, 1.54) is 6.42 Å². The maximum atomic E-state index is 5.48. The quantitative estimate of drug-likeness (QED) is 0.559. The molecule has 0 aliphatic carbocycles. The summed E-state index contributed by atoms with van der Waals surface area (Å²) in [4.78, 5) is 0. The Balaban J connectivity index is 2.14. The molecule has 1 aliphatic rings. The number of hydrogen-bond acceptors (Lipinski definition) is 2. The van der Waals surface area contributed by atoms with Gasteiger partial charge in [0, 0.05) is 7.11 Å². The number of methoxy groups -OCH3 is 1. The molecule has 0 spiro atoms. The topological polar surface area (TPSA) is 18.5 Å². The molecule has 54 valence electrons. The van der Waals surface area contributed by atoms with Gasteiger partial charge < -0.3 is 9.47 Å². The summed E-state index contributed by atoms with van der Waals surface area (Å²) in [7, 11) is 1.71. The van der Waals surface area contributed by atoms with Crippen molar-refractivity contribution in [3.63, 3.8) is 0 Å². The number of ether oxygens (including phenoxy) is 2. The Hall–Kier alpha value is -0.0800. The lowest BCUT2D eigenvalue weighted by Gasteiger charge is -2.08. The van der Waals surface area contributed by atoms with Gasteiger partial charge in [-0.05, 0) is 19.8 Å². The van der Waals surface area contributed by atoms with Gasteiger partial charge in [0.2, 0.25) is 0 Å². The van der Waals surface area contributed by atoms with Gasteiger partial charge in [-0.1, -0.05) is 0 Å². The zero-order chi connectivity index (χ0) is 6.69. The summed E-state index contributed by atoms with van der Waals surface area (Å²) in [5.41, 5.74) is 0. The third-order valence-corrected chi connectivity index (χ3v) is 1.67. The minimum atomic E-state index is 0.366. The van der Waals surface area contributed by atoms with Gasteiger partial charge in [-0.3, -0.25) is 0 Å². The lowest BCUT2D eigenvalue weighted by Crippen LogP contribution is -2.14. The molecule has 0 radical (unpaired) electrons. The van der Waals surface area contributed by atoms with E-state index in [1.54, 1.807) is 7.11 Å². The highest BCUT2D eigenvalue weighted by Crippen LogP contribution is 2.18. The molecule has 1 saturated heterocycles. The van der Waals surface area contributed by atoms with Crippen LogP contribution in [0.15, 0.2) is 0 Å². The Morgan fingerprint density at radius 2 is 2.33 bits per heavy atom. The maximum Gasteiger partial charge on any atom is 0.0812 e. The molecule has 1 rings (SSSR count). The minimum Gasteiger partial charge on any atom is -0.382 e. The van der Waals surface area contributed by atoms with Crippen molar-refractivity contribution >= 4 is 0 Å². The Kier molecular flexibility index (Phi) is 2.49. The largest absolute Gasteiger partial charge is 0.382 e. The number of rotatable bonds is 2. The summed E-state index contributed by atoms with van der Waals surface area (Å²) in [6.45, 7) is 2.86. The monoisotopic (exact) mass is 130 g/mol. The Morgan fingerprint density at radius 3 is 2.78 bits per heavy atom. The molecule has 0 unspecified atom stereocenters. The molecule has 0 bridgehead atoms. The molecule has 2 nitrogen and oxygen atoms in total. The average molecular weight is 130 g/mol. The zero-order valence-corrected chi connectivity index (χ0v) is 6.09. The Labute approximate surface area is 56.2 Å². The van der Waals surface area contributed by atoms with E-state index in [9.17, 15) is 0 Å². The normalized spacial score (nSPS) is 35.3. The first kappa shape index (κ1) is 7.03. The molecular formula is C7H14O2. The molecule has 0 amide bonds. The molecule has 0 aromatic heterocycles. The number of hydrogen-bond donors (Lipinski definition) is 0. The highest BCUT2D eigenvalue weighted by atomic mass is 16.5. The molecule has 2 heteroatoms. The van der Waals surface area contributed by atoms with Gasteiger partial charge in [-0.15, -0.1) is 0 Å². The van der Waals surface area contributed by atoms with Crippen molar-refractivity contribution in [3.05, 3.63) is 0 Å². The van der Waals surface area contributed by atoms with Crippen LogP contribution in [0.5, 0.6) is 0 Å². The fourth-order valence-electron chi connectivity index (χ4n) is 1.19. The first-order chi connectivity index (χ1) is 4.33. The van der Waals surface area contributed by atoms with Crippen molar-refractivity contribution in [1.82, 2.24) is 0 Å². The standard InChI is InChI=1S/C7H14O2/c1-6-3-4-7(9-6)5-8-2/h6-7H,3-5H2,1-2H3/t6-,7-/m0/s1.